The second-order valence-electron chi connectivity index (χ2n) is 6.64. The summed E-state index contributed by atoms with van der Waals surface area (Å²) in [5.41, 5.74) is 3.98. The molecule has 4 rings (SSSR count). The highest BCUT2D eigenvalue weighted by Gasteiger charge is 2.35. The van der Waals surface area contributed by atoms with Gasteiger partial charge in [-0.3, -0.25) is 0 Å². The Labute approximate surface area is 158 Å². The van der Waals surface area contributed by atoms with Crippen molar-refractivity contribution in [3.63, 3.8) is 0 Å². The number of nitriles is 1. The molecule has 4 nitrogen and oxygen atoms in total. The SMILES string of the molecule is N#Cc1ccn(-c2ccc(C3(c4ccc(Cl)cc4)CCNCC3)cc2)n1. The predicted octanol–water partition coefficient (Wildman–Crippen LogP) is 4.07. The normalized spacial score (nSPS) is 16.2. The maximum atomic E-state index is 8.95. The van der Waals surface area contributed by atoms with Crippen LogP contribution in [0.15, 0.2) is 60.8 Å². The molecule has 1 aromatic heterocycles. The molecule has 0 bridgehead atoms. The van der Waals surface area contributed by atoms with Crippen LogP contribution >= 0.6 is 11.6 Å². The quantitative estimate of drug-likeness (QED) is 0.764. The van der Waals surface area contributed by atoms with Crippen molar-refractivity contribution in [2.24, 2.45) is 0 Å². The number of nitrogens with zero attached hydrogens (tertiary/aromatic N) is 3. The molecule has 0 atom stereocenters. The molecular formula is C21H19ClN4. The zero-order valence-electron chi connectivity index (χ0n) is 14.3. The van der Waals surface area contributed by atoms with Crippen molar-refractivity contribution in [1.82, 2.24) is 15.1 Å². The minimum Gasteiger partial charge on any atom is -0.317 e. The Hall–Kier alpha value is -2.61. The standard InChI is InChI=1S/C21H19ClN4/c22-18-5-1-16(2-6-18)21(10-12-24-13-11-21)17-3-7-20(8-4-17)26-14-9-19(15-23)25-26/h1-9,14,24H,10-13H2. The average Bonchev–Trinajstić information content (AvgIpc) is 3.18. The number of piperidine rings is 1. The van der Waals surface area contributed by atoms with Crippen LogP contribution in [-0.4, -0.2) is 22.9 Å². The van der Waals surface area contributed by atoms with Crippen molar-refractivity contribution >= 4 is 11.6 Å². The van der Waals surface area contributed by atoms with E-state index in [1.54, 1.807) is 10.7 Å². The summed E-state index contributed by atoms with van der Waals surface area (Å²) in [5, 5.41) is 17.4. The summed E-state index contributed by atoms with van der Waals surface area (Å²) in [6.07, 6.45) is 3.91. The highest BCUT2D eigenvalue weighted by atomic mass is 35.5. The van der Waals surface area contributed by atoms with Gasteiger partial charge >= 0.3 is 0 Å². The summed E-state index contributed by atoms with van der Waals surface area (Å²) in [5.74, 6) is 0. The smallest absolute Gasteiger partial charge is 0.162 e. The second-order valence-corrected chi connectivity index (χ2v) is 7.08. The van der Waals surface area contributed by atoms with Crippen LogP contribution < -0.4 is 5.32 Å². The van der Waals surface area contributed by atoms with E-state index in [-0.39, 0.29) is 5.41 Å². The topological polar surface area (TPSA) is 53.6 Å². The predicted molar refractivity (Wildman–Crippen MR) is 103 cm³/mol. The van der Waals surface area contributed by atoms with Gasteiger partial charge in [-0.15, -0.1) is 0 Å². The van der Waals surface area contributed by atoms with Gasteiger partial charge in [0.1, 0.15) is 6.07 Å². The van der Waals surface area contributed by atoms with Crippen LogP contribution in [-0.2, 0) is 5.41 Å². The number of nitrogens with one attached hydrogen (secondary N) is 1. The Bertz CT molecular complexity index is 929. The molecule has 1 aliphatic heterocycles. The molecular weight excluding hydrogens is 344 g/mol. The van der Waals surface area contributed by atoms with Gasteiger partial charge in [-0.05, 0) is 67.4 Å². The van der Waals surface area contributed by atoms with E-state index >= 15 is 0 Å². The number of aromatic nitrogens is 2. The van der Waals surface area contributed by atoms with Crippen LogP contribution in [0, 0.1) is 11.3 Å². The first kappa shape index (κ1) is 16.8. The zero-order chi connectivity index (χ0) is 18.0. The van der Waals surface area contributed by atoms with Crippen LogP contribution in [0.4, 0.5) is 0 Å². The molecule has 2 heterocycles. The molecule has 1 fully saturated rings. The van der Waals surface area contributed by atoms with Crippen LogP contribution in [0.3, 0.4) is 0 Å². The minimum absolute atomic E-state index is 0.00367. The van der Waals surface area contributed by atoms with E-state index in [4.69, 9.17) is 16.9 Å². The van der Waals surface area contributed by atoms with E-state index < -0.39 is 0 Å². The van der Waals surface area contributed by atoms with Crippen molar-refractivity contribution < 1.29 is 0 Å². The molecule has 130 valence electrons. The van der Waals surface area contributed by atoms with Crippen LogP contribution in [0.25, 0.3) is 5.69 Å². The molecule has 1 N–H and O–H groups in total. The van der Waals surface area contributed by atoms with Crippen LogP contribution in [0.2, 0.25) is 5.02 Å². The third-order valence-corrected chi connectivity index (χ3v) is 5.49. The van der Waals surface area contributed by atoms with Gasteiger partial charge in [0.2, 0.25) is 0 Å². The Morgan fingerprint density at radius 2 is 1.58 bits per heavy atom. The third-order valence-electron chi connectivity index (χ3n) is 5.24. The Balaban J connectivity index is 1.72. The fourth-order valence-corrected chi connectivity index (χ4v) is 3.95. The first-order chi connectivity index (χ1) is 12.7. The van der Waals surface area contributed by atoms with Crippen LogP contribution in [0.5, 0.6) is 0 Å². The van der Waals surface area contributed by atoms with Gasteiger partial charge in [0.05, 0.1) is 5.69 Å². The lowest BCUT2D eigenvalue weighted by molar-refractivity contribution is 0.362. The first-order valence-corrected chi connectivity index (χ1v) is 9.12. The average molecular weight is 363 g/mol. The Morgan fingerprint density at radius 3 is 2.15 bits per heavy atom. The van der Waals surface area contributed by atoms with E-state index in [1.807, 2.05) is 18.3 Å². The third kappa shape index (κ3) is 3.01. The van der Waals surface area contributed by atoms with E-state index in [1.165, 1.54) is 11.1 Å². The summed E-state index contributed by atoms with van der Waals surface area (Å²) >= 11 is 6.10. The van der Waals surface area contributed by atoms with Crippen molar-refractivity contribution in [3.8, 4) is 11.8 Å². The summed E-state index contributed by atoms with van der Waals surface area (Å²) < 4.78 is 1.74. The monoisotopic (exact) mass is 362 g/mol. The molecule has 1 saturated heterocycles. The summed E-state index contributed by atoms with van der Waals surface area (Å²) in [6, 6.07) is 20.5. The highest BCUT2D eigenvalue weighted by Crippen LogP contribution is 2.40. The second kappa shape index (κ2) is 6.95. The molecule has 1 aliphatic rings. The molecule has 3 aromatic rings. The van der Waals surface area contributed by atoms with E-state index in [2.05, 4.69) is 52.9 Å². The number of hydrogen-bond donors (Lipinski definition) is 1. The van der Waals surface area contributed by atoms with E-state index in [0.717, 1.165) is 36.6 Å². The molecule has 5 heteroatoms. The lowest BCUT2D eigenvalue weighted by Gasteiger charge is -2.39. The number of halogens is 1. The summed E-state index contributed by atoms with van der Waals surface area (Å²) in [6.45, 7) is 1.99. The van der Waals surface area contributed by atoms with E-state index in [0.29, 0.717) is 5.69 Å². The number of hydrogen-bond acceptors (Lipinski definition) is 3. The van der Waals surface area contributed by atoms with Gasteiger partial charge in [-0.2, -0.15) is 10.4 Å². The molecule has 0 unspecified atom stereocenters. The first-order valence-electron chi connectivity index (χ1n) is 8.75. The molecule has 26 heavy (non-hydrogen) atoms. The largest absolute Gasteiger partial charge is 0.317 e. The lowest BCUT2D eigenvalue weighted by atomic mass is 9.68. The Morgan fingerprint density at radius 1 is 0.962 bits per heavy atom. The van der Waals surface area contributed by atoms with Crippen molar-refractivity contribution in [3.05, 3.63) is 82.6 Å². The van der Waals surface area contributed by atoms with Gasteiger partial charge in [0.15, 0.2) is 5.69 Å². The highest BCUT2D eigenvalue weighted by molar-refractivity contribution is 6.30. The van der Waals surface area contributed by atoms with Gasteiger partial charge in [-0.25, -0.2) is 4.68 Å². The summed E-state index contributed by atoms with van der Waals surface area (Å²) in [7, 11) is 0. The molecule has 0 amide bonds. The van der Waals surface area contributed by atoms with Gasteiger partial charge in [0, 0.05) is 16.6 Å². The number of rotatable bonds is 3. The maximum absolute atomic E-state index is 8.95. The van der Waals surface area contributed by atoms with Gasteiger partial charge in [-0.1, -0.05) is 35.9 Å². The molecule has 0 aliphatic carbocycles. The minimum atomic E-state index is -0.00367. The van der Waals surface area contributed by atoms with Crippen molar-refractivity contribution in [2.75, 3.05) is 13.1 Å². The van der Waals surface area contributed by atoms with Crippen molar-refractivity contribution in [2.45, 2.75) is 18.3 Å². The maximum Gasteiger partial charge on any atom is 0.162 e. The molecule has 2 aromatic carbocycles. The van der Waals surface area contributed by atoms with Gasteiger partial charge in [0.25, 0.3) is 0 Å². The number of benzene rings is 2. The van der Waals surface area contributed by atoms with Crippen LogP contribution in [0.1, 0.15) is 29.7 Å². The lowest BCUT2D eigenvalue weighted by Crippen LogP contribution is -2.40. The van der Waals surface area contributed by atoms with E-state index in [9.17, 15) is 0 Å². The Kier molecular flexibility index (Phi) is 4.50. The molecule has 0 saturated carbocycles. The fourth-order valence-electron chi connectivity index (χ4n) is 3.83. The molecule has 0 radical (unpaired) electrons. The molecule has 0 spiro atoms. The van der Waals surface area contributed by atoms with Crippen molar-refractivity contribution in [1.29, 1.82) is 5.26 Å². The zero-order valence-corrected chi connectivity index (χ0v) is 15.1. The fraction of sp³-hybridized carbons (Fsp3) is 0.238. The van der Waals surface area contributed by atoms with Gasteiger partial charge < -0.3 is 5.32 Å². The summed E-state index contributed by atoms with van der Waals surface area (Å²) in [4.78, 5) is 0.